The lowest BCUT2D eigenvalue weighted by Gasteiger charge is -2.18. The normalized spacial score (nSPS) is 11.4. The molecule has 2 heterocycles. The van der Waals surface area contributed by atoms with Crippen molar-refractivity contribution in [1.82, 2.24) is 18.9 Å². The molecule has 3 aromatic carbocycles. The lowest BCUT2D eigenvalue weighted by molar-refractivity contribution is 0.0989. The second-order valence-electron chi connectivity index (χ2n) is 8.59. The van der Waals surface area contributed by atoms with Crippen molar-refractivity contribution in [1.29, 1.82) is 0 Å². The summed E-state index contributed by atoms with van der Waals surface area (Å²) in [4.78, 5) is 27.4. The molecular weight excluding hydrogens is 539 g/mol. The number of halogens is 2. The summed E-state index contributed by atoms with van der Waals surface area (Å²) in [5.41, 5.74) is 1.51. The summed E-state index contributed by atoms with van der Waals surface area (Å²) in [5.74, 6) is 0.143. The minimum atomic E-state index is -0.522. The zero-order chi connectivity index (χ0) is 26.1. The summed E-state index contributed by atoms with van der Waals surface area (Å²) in [6, 6.07) is 21.0. The van der Waals surface area contributed by atoms with E-state index in [4.69, 9.17) is 4.74 Å². The second-order valence-corrected chi connectivity index (χ2v) is 9.38. The summed E-state index contributed by atoms with van der Waals surface area (Å²) >= 11 is 3.60. The lowest BCUT2D eigenvalue weighted by atomic mass is 10.1. The Bertz CT molecular complexity index is 1720. The van der Waals surface area contributed by atoms with Crippen molar-refractivity contribution in [2.75, 3.05) is 0 Å². The zero-order valence-electron chi connectivity index (χ0n) is 20.3. The Morgan fingerprint density at radius 2 is 1.68 bits per heavy atom. The number of benzene rings is 3. The standard InChI is InChI=1S/C28H24BrFN4O3/c1-3-32-24(17-37-16-19-10-5-4-6-11-19)31-34(28(32)36)26-25(29)21-14-13-20(30)15-22(21)27(35)33(26)23-12-8-7-9-18(23)2/h4-15H,3,16-17H2,1-2H3. The van der Waals surface area contributed by atoms with Crippen molar-refractivity contribution < 1.29 is 9.13 Å². The van der Waals surface area contributed by atoms with Gasteiger partial charge in [0.05, 0.1) is 22.2 Å². The average molecular weight is 563 g/mol. The van der Waals surface area contributed by atoms with Crippen LogP contribution in [0.4, 0.5) is 4.39 Å². The maximum atomic E-state index is 14.1. The Balaban J connectivity index is 1.71. The number of para-hydroxylation sites is 1. The van der Waals surface area contributed by atoms with Gasteiger partial charge in [0, 0.05) is 11.9 Å². The van der Waals surface area contributed by atoms with Crippen LogP contribution in [-0.4, -0.2) is 18.9 Å². The van der Waals surface area contributed by atoms with Crippen molar-refractivity contribution in [2.24, 2.45) is 0 Å². The highest BCUT2D eigenvalue weighted by atomic mass is 79.9. The highest BCUT2D eigenvalue weighted by molar-refractivity contribution is 9.10. The van der Waals surface area contributed by atoms with E-state index in [0.717, 1.165) is 11.1 Å². The van der Waals surface area contributed by atoms with Crippen LogP contribution in [0.5, 0.6) is 0 Å². The molecule has 0 fully saturated rings. The first-order valence-electron chi connectivity index (χ1n) is 11.8. The molecule has 0 amide bonds. The highest BCUT2D eigenvalue weighted by Crippen LogP contribution is 2.30. The predicted molar refractivity (Wildman–Crippen MR) is 144 cm³/mol. The summed E-state index contributed by atoms with van der Waals surface area (Å²) in [6.07, 6.45) is 0. The van der Waals surface area contributed by atoms with Crippen LogP contribution in [0.25, 0.3) is 22.3 Å². The third-order valence-corrected chi connectivity index (χ3v) is 7.00. The molecule has 0 spiro atoms. The van der Waals surface area contributed by atoms with Crippen molar-refractivity contribution in [3.63, 3.8) is 0 Å². The molecule has 0 unspecified atom stereocenters. The van der Waals surface area contributed by atoms with Crippen LogP contribution in [-0.2, 0) is 24.5 Å². The highest BCUT2D eigenvalue weighted by Gasteiger charge is 2.24. The van der Waals surface area contributed by atoms with Gasteiger partial charge in [-0.3, -0.25) is 13.9 Å². The largest absolute Gasteiger partial charge is 0.369 e. The van der Waals surface area contributed by atoms with Crippen LogP contribution < -0.4 is 11.2 Å². The first-order chi connectivity index (χ1) is 17.9. The van der Waals surface area contributed by atoms with E-state index in [1.54, 1.807) is 12.1 Å². The molecule has 7 nitrogen and oxygen atoms in total. The molecule has 0 saturated carbocycles. The maximum Gasteiger partial charge on any atom is 0.352 e. The zero-order valence-corrected chi connectivity index (χ0v) is 21.9. The van der Waals surface area contributed by atoms with Gasteiger partial charge in [-0.15, -0.1) is 5.10 Å². The van der Waals surface area contributed by atoms with Crippen molar-refractivity contribution in [3.05, 3.63) is 121 Å². The van der Waals surface area contributed by atoms with Crippen LogP contribution in [0, 0.1) is 12.7 Å². The number of hydrogen-bond acceptors (Lipinski definition) is 4. The summed E-state index contributed by atoms with van der Waals surface area (Å²) < 4.78 is 24.6. The fraction of sp³-hybridized carbons (Fsp3) is 0.179. The van der Waals surface area contributed by atoms with Crippen molar-refractivity contribution in [2.45, 2.75) is 33.6 Å². The fourth-order valence-electron chi connectivity index (χ4n) is 4.38. The smallest absolute Gasteiger partial charge is 0.352 e. The van der Waals surface area contributed by atoms with Crippen LogP contribution in [0.1, 0.15) is 23.9 Å². The van der Waals surface area contributed by atoms with Gasteiger partial charge in [0.1, 0.15) is 12.4 Å². The van der Waals surface area contributed by atoms with E-state index in [2.05, 4.69) is 21.0 Å². The maximum absolute atomic E-state index is 14.1. The second kappa shape index (κ2) is 10.3. The molecule has 5 aromatic rings. The van der Waals surface area contributed by atoms with Gasteiger partial charge in [-0.2, -0.15) is 4.68 Å². The average Bonchev–Trinajstić information content (AvgIpc) is 3.21. The van der Waals surface area contributed by atoms with Crippen molar-refractivity contribution in [3.8, 4) is 11.5 Å². The number of pyridine rings is 1. The first-order valence-corrected chi connectivity index (χ1v) is 12.6. The monoisotopic (exact) mass is 562 g/mol. The molecule has 0 aliphatic carbocycles. The number of aromatic nitrogens is 4. The van der Waals surface area contributed by atoms with E-state index < -0.39 is 17.1 Å². The Hall–Kier alpha value is -3.82. The van der Waals surface area contributed by atoms with E-state index in [9.17, 15) is 14.0 Å². The Morgan fingerprint density at radius 1 is 0.946 bits per heavy atom. The van der Waals surface area contributed by atoms with E-state index in [1.807, 2.05) is 56.3 Å². The SMILES string of the molecule is CCn1c(COCc2ccccc2)nn(-c2c(Br)c3ccc(F)cc3c(=O)n2-c2ccccc2C)c1=O. The number of nitrogens with zero attached hydrogens (tertiary/aromatic N) is 4. The van der Waals surface area contributed by atoms with Gasteiger partial charge in [-0.1, -0.05) is 48.5 Å². The Kier molecular flexibility index (Phi) is 6.90. The molecule has 0 aliphatic heterocycles. The van der Waals surface area contributed by atoms with Crippen LogP contribution in [0.2, 0.25) is 0 Å². The van der Waals surface area contributed by atoms with Crippen molar-refractivity contribution >= 4 is 26.7 Å². The third-order valence-electron chi connectivity index (χ3n) is 6.21. The number of rotatable bonds is 7. The van der Waals surface area contributed by atoms with E-state index >= 15 is 0 Å². The molecule has 0 radical (unpaired) electrons. The Morgan fingerprint density at radius 3 is 2.41 bits per heavy atom. The van der Waals surface area contributed by atoms with Gasteiger partial charge in [0.25, 0.3) is 5.56 Å². The predicted octanol–water partition coefficient (Wildman–Crippen LogP) is 5.28. The van der Waals surface area contributed by atoms with Gasteiger partial charge >= 0.3 is 5.69 Å². The fourth-order valence-corrected chi connectivity index (χ4v) is 5.07. The Labute approximate surface area is 220 Å². The quantitative estimate of drug-likeness (QED) is 0.270. The molecule has 9 heteroatoms. The molecular formula is C28H24BrFN4O3. The topological polar surface area (TPSA) is 71.0 Å². The number of fused-ring (bicyclic) bond motifs is 1. The van der Waals surface area contributed by atoms with Crippen LogP contribution in [0.3, 0.4) is 0 Å². The minimum Gasteiger partial charge on any atom is -0.369 e. The summed E-state index contributed by atoms with van der Waals surface area (Å²) in [7, 11) is 0. The number of hydrogen-bond donors (Lipinski definition) is 0. The summed E-state index contributed by atoms with van der Waals surface area (Å²) in [5, 5.41) is 5.27. The van der Waals surface area contributed by atoms with Gasteiger partial charge in [-0.05, 0) is 65.2 Å². The third kappa shape index (κ3) is 4.56. The molecule has 0 aliphatic rings. The van der Waals surface area contributed by atoms with Crippen LogP contribution in [0.15, 0.2) is 86.9 Å². The van der Waals surface area contributed by atoms with Crippen LogP contribution >= 0.6 is 15.9 Å². The lowest BCUT2D eigenvalue weighted by Crippen LogP contribution is -2.31. The van der Waals surface area contributed by atoms with E-state index in [0.29, 0.717) is 34.5 Å². The molecule has 0 saturated heterocycles. The minimum absolute atomic E-state index is 0.107. The molecule has 188 valence electrons. The molecule has 37 heavy (non-hydrogen) atoms. The molecule has 0 N–H and O–H groups in total. The molecule has 0 atom stereocenters. The molecule has 2 aromatic heterocycles. The number of ether oxygens (including phenoxy) is 1. The van der Waals surface area contributed by atoms with E-state index in [-0.39, 0.29) is 17.8 Å². The van der Waals surface area contributed by atoms with Gasteiger partial charge in [-0.25, -0.2) is 9.18 Å². The van der Waals surface area contributed by atoms with E-state index in [1.165, 1.54) is 32.0 Å². The van der Waals surface area contributed by atoms with Gasteiger partial charge in [0.2, 0.25) is 0 Å². The first kappa shape index (κ1) is 24.9. The molecule has 0 bridgehead atoms. The number of aryl methyl sites for hydroxylation is 1. The van der Waals surface area contributed by atoms with Gasteiger partial charge in [0.15, 0.2) is 11.6 Å². The molecule has 5 rings (SSSR count). The summed E-state index contributed by atoms with van der Waals surface area (Å²) in [6.45, 7) is 4.56. The van der Waals surface area contributed by atoms with Gasteiger partial charge < -0.3 is 4.74 Å².